The maximum Gasteiger partial charge on any atom is 0.253 e. The second kappa shape index (κ2) is 5.52. The van der Waals surface area contributed by atoms with Gasteiger partial charge in [0.2, 0.25) is 5.56 Å². The Kier molecular flexibility index (Phi) is 3.56. The maximum absolute atomic E-state index is 12.2. The standard InChI is InChI=1S/C16H17N3O2/c1-10-6-12(9-17-8-10)16(21)18-13-3-4-14-11(7-13)2-5-15(20)19-14/h2,5-6,8-9,13H,3-4,7H2,1H3,(H,18,21)(H,19,20). The molecule has 2 aromatic rings. The number of hydrogen-bond donors (Lipinski definition) is 2. The molecule has 0 bridgehead atoms. The van der Waals surface area contributed by atoms with Gasteiger partial charge >= 0.3 is 0 Å². The van der Waals surface area contributed by atoms with Crippen molar-refractivity contribution in [3.05, 3.63) is 63.3 Å². The lowest BCUT2D eigenvalue weighted by atomic mass is 9.91. The van der Waals surface area contributed by atoms with Crippen molar-refractivity contribution in [2.75, 3.05) is 0 Å². The molecular formula is C16H17N3O2. The number of carbonyl (C=O) groups is 1. The molecule has 108 valence electrons. The van der Waals surface area contributed by atoms with Crippen LogP contribution in [0.15, 0.2) is 35.4 Å². The number of rotatable bonds is 2. The second-order valence-electron chi connectivity index (χ2n) is 5.49. The van der Waals surface area contributed by atoms with Crippen LogP contribution in [0, 0.1) is 6.92 Å². The van der Waals surface area contributed by atoms with Crippen LogP contribution in [-0.4, -0.2) is 21.9 Å². The predicted octanol–water partition coefficient (Wildman–Crippen LogP) is 1.37. The van der Waals surface area contributed by atoms with Crippen molar-refractivity contribution in [2.24, 2.45) is 0 Å². The third kappa shape index (κ3) is 3.02. The van der Waals surface area contributed by atoms with Gasteiger partial charge in [0, 0.05) is 30.2 Å². The van der Waals surface area contributed by atoms with Crippen molar-refractivity contribution in [3.63, 3.8) is 0 Å². The number of pyridine rings is 2. The molecule has 5 heteroatoms. The maximum atomic E-state index is 12.2. The van der Waals surface area contributed by atoms with Crippen LogP contribution in [0.4, 0.5) is 0 Å². The predicted molar refractivity (Wildman–Crippen MR) is 79.3 cm³/mol. The van der Waals surface area contributed by atoms with Gasteiger partial charge in [0.15, 0.2) is 0 Å². The van der Waals surface area contributed by atoms with Crippen molar-refractivity contribution in [3.8, 4) is 0 Å². The van der Waals surface area contributed by atoms with Gasteiger partial charge in [0.05, 0.1) is 5.56 Å². The molecule has 5 nitrogen and oxygen atoms in total. The summed E-state index contributed by atoms with van der Waals surface area (Å²) in [6.45, 7) is 1.91. The summed E-state index contributed by atoms with van der Waals surface area (Å²) in [5.41, 5.74) is 3.58. The highest BCUT2D eigenvalue weighted by Gasteiger charge is 2.21. The third-order valence-electron chi connectivity index (χ3n) is 3.78. The van der Waals surface area contributed by atoms with Gasteiger partial charge < -0.3 is 10.3 Å². The quantitative estimate of drug-likeness (QED) is 0.874. The van der Waals surface area contributed by atoms with E-state index in [2.05, 4.69) is 15.3 Å². The summed E-state index contributed by atoms with van der Waals surface area (Å²) in [5, 5.41) is 3.05. The van der Waals surface area contributed by atoms with Crippen molar-refractivity contribution in [1.82, 2.24) is 15.3 Å². The lowest BCUT2D eigenvalue weighted by molar-refractivity contribution is 0.0933. The first kappa shape index (κ1) is 13.5. The molecular weight excluding hydrogens is 266 g/mol. The van der Waals surface area contributed by atoms with E-state index in [9.17, 15) is 9.59 Å². The van der Waals surface area contributed by atoms with Crippen LogP contribution in [0.25, 0.3) is 0 Å². The minimum Gasteiger partial charge on any atom is -0.349 e. The molecule has 0 saturated carbocycles. The molecule has 1 aliphatic carbocycles. The van der Waals surface area contributed by atoms with E-state index in [4.69, 9.17) is 0 Å². The molecule has 0 aliphatic heterocycles. The van der Waals surface area contributed by atoms with E-state index in [1.807, 2.05) is 19.1 Å². The Hall–Kier alpha value is -2.43. The highest BCUT2D eigenvalue weighted by molar-refractivity contribution is 5.94. The van der Waals surface area contributed by atoms with Crippen LogP contribution in [0.3, 0.4) is 0 Å². The lowest BCUT2D eigenvalue weighted by Gasteiger charge is -2.25. The molecule has 1 amide bonds. The molecule has 1 atom stereocenters. The number of amides is 1. The monoisotopic (exact) mass is 283 g/mol. The number of aromatic nitrogens is 2. The van der Waals surface area contributed by atoms with Gasteiger partial charge in [-0.15, -0.1) is 0 Å². The second-order valence-corrected chi connectivity index (χ2v) is 5.49. The summed E-state index contributed by atoms with van der Waals surface area (Å²) < 4.78 is 0. The van der Waals surface area contributed by atoms with E-state index in [0.717, 1.165) is 36.1 Å². The van der Waals surface area contributed by atoms with Gasteiger partial charge in [-0.2, -0.15) is 0 Å². The Morgan fingerprint density at radius 3 is 3.05 bits per heavy atom. The van der Waals surface area contributed by atoms with Crippen molar-refractivity contribution in [2.45, 2.75) is 32.2 Å². The van der Waals surface area contributed by atoms with Crippen molar-refractivity contribution >= 4 is 5.91 Å². The number of nitrogens with zero attached hydrogens (tertiary/aromatic N) is 1. The largest absolute Gasteiger partial charge is 0.349 e. The van der Waals surface area contributed by atoms with Crippen molar-refractivity contribution in [1.29, 1.82) is 0 Å². The van der Waals surface area contributed by atoms with Crippen molar-refractivity contribution < 1.29 is 4.79 Å². The minimum atomic E-state index is -0.0934. The highest BCUT2D eigenvalue weighted by atomic mass is 16.1. The van der Waals surface area contributed by atoms with E-state index < -0.39 is 0 Å². The van der Waals surface area contributed by atoms with E-state index >= 15 is 0 Å². The Morgan fingerprint density at radius 1 is 1.38 bits per heavy atom. The van der Waals surface area contributed by atoms with Crippen LogP contribution < -0.4 is 10.9 Å². The molecule has 2 heterocycles. The Bertz CT molecular complexity index is 736. The summed E-state index contributed by atoms with van der Waals surface area (Å²) in [6, 6.07) is 5.31. The van der Waals surface area contributed by atoms with E-state index in [-0.39, 0.29) is 17.5 Å². The zero-order chi connectivity index (χ0) is 14.8. The normalized spacial score (nSPS) is 17.1. The summed E-state index contributed by atoms with van der Waals surface area (Å²) in [4.78, 5) is 30.4. The van der Waals surface area contributed by atoms with Crippen LogP contribution in [0.5, 0.6) is 0 Å². The van der Waals surface area contributed by atoms with E-state index in [1.165, 1.54) is 6.07 Å². The van der Waals surface area contributed by atoms with Gasteiger partial charge in [0.25, 0.3) is 5.91 Å². The van der Waals surface area contributed by atoms with Crippen LogP contribution in [0.1, 0.15) is 33.6 Å². The van der Waals surface area contributed by atoms with Crippen LogP contribution in [0.2, 0.25) is 0 Å². The highest BCUT2D eigenvalue weighted by Crippen LogP contribution is 2.18. The topological polar surface area (TPSA) is 74.8 Å². The zero-order valence-electron chi connectivity index (χ0n) is 11.8. The van der Waals surface area contributed by atoms with Crippen LogP contribution >= 0.6 is 0 Å². The number of aryl methyl sites for hydroxylation is 2. The third-order valence-corrected chi connectivity index (χ3v) is 3.78. The molecule has 2 aromatic heterocycles. The first-order valence-electron chi connectivity index (χ1n) is 7.05. The average molecular weight is 283 g/mol. The average Bonchev–Trinajstić information content (AvgIpc) is 2.47. The summed E-state index contributed by atoms with van der Waals surface area (Å²) in [6.07, 6.45) is 5.66. The van der Waals surface area contributed by atoms with Gasteiger partial charge in [0.1, 0.15) is 0 Å². The Balaban J connectivity index is 1.71. The smallest absolute Gasteiger partial charge is 0.253 e. The fraction of sp³-hybridized carbons (Fsp3) is 0.312. The number of aromatic amines is 1. The molecule has 2 N–H and O–H groups in total. The number of nitrogens with one attached hydrogen (secondary N) is 2. The molecule has 0 saturated heterocycles. The first-order valence-corrected chi connectivity index (χ1v) is 7.05. The molecule has 1 unspecified atom stereocenters. The zero-order valence-corrected chi connectivity index (χ0v) is 11.8. The summed E-state index contributed by atoms with van der Waals surface area (Å²) in [5.74, 6) is -0.0934. The van der Waals surface area contributed by atoms with Gasteiger partial charge in [-0.3, -0.25) is 14.6 Å². The molecule has 21 heavy (non-hydrogen) atoms. The minimum absolute atomic E-state index is 0.0675. The Morgan fingerprint density at radius 2 is 2.24 bits per heavy atom. The van der Waals surface area contributed by atoms with Gasteiger partial charge in [-0.1, -0.05) is 6.07 Å². The molecule has 1 aliphatic rings. The number of fused-ring (bicyclic) bond motifs is 1. The lowest BCUT2D eigenvalue weighted by Crippen LogP contribution is -2.39. The fourth-order valence-corrected chi connectivity index (χ4v) is 2.72. The van der Waals surface area contributed by atoms with Gasteiger partial charge in [-0.25, -0.2) is 0 Å². The van der Waals surface area contributed by atoms with E-state index in [1.54, 1.807) is 12.4 Å². The fourth-order valence-electron chi connectivity index (χ4n) is 2.72. The Labute approximate surface area is 122 Å². The van der Waals surface area contributed by atoms with Gasteiger partial charge in [-0.05, 0) is 43.4 Å². The molecule has 0 fully saturated rings. The summed E-state index contributed by atoms with van der Waals surface area (Å²) >= 11 is 0. The van der Waals surface area contributed by atoms with Crippen LogP contribution in [-0.2, 0) is 12.8 Å². The molecule has 3 rings (SSSR count). The molecule has 0 spiro atoms. The van der Waals surface area contributed by atoms with E-state index in [0.29, 0.717) is 5.56 Å². The summed E-state index contributed by atoms with van der Waals surface area (Å²) in [7, 11) is 0. The molecule has 0 radical (unpaired) electrons. The SMILES string of the molecule is Cc1cncc(C(=O)NC2CCc3[nH]c(=O)ccc3C2)c1. The molecule has 0 aromatic carbocycles. The number of carbonyl (C=O) groups excluding carboxylic acids is 1. The number of H-pyrrole nitrogens is 1. The number of hydrogen-bond acceptors (Lipinski definition) is 3. The first-order chi connectivity index (χ1) is 10.1.